The molecule has 4 atom stereocenters. The molecule has 2 aliphatic heterocycles. The Bertz CT molecular complexity index is 876. The summed E-state index contributed by atoms with van der Waals surface area (Å²) in [7, 11) is 0. The Morgan fingerprint density at radius 2 is 2.19 bits per heavy atom. The van der Waals surface area contributed by atoms with Crippen molar-refractivity contribution < 1.29 is 19.4 Å². The summed E-state index contributed by atoms with van der Waals surface area (Å²) in [5, 5.41) is 10.6. The topological polar surface area (TPSA) is 120 Å². The van der Waals surface area contributed by atoms with E-state index in [1.807, 2.05) is 25.2 Å². The normalized spacial score (nSPS) is 30.8. The van der Waals surface area contributed by atoms with Crippen molar-refractivity contribution in [3.63, 3.8) is 0 Å². The van der Waals surface area contributed by atoms with Crippen molar-refractivity contribution in [1.82, 2.24) is 0 Å². The molecule has 2 heterocycles. The number of nitrogens with zero attached hydrogens (tertiary/aromatic N) is 1. The quantitative estimate of drug-likeness (QED) is 0.228. The molecule has 0 saturated carbocycles. The van der Waals surface area contributed by atoms with Crippen LogP contribution in [0.4, 0.5) is 0 Å². The molecule has 0 radical (unpaired) electrons. The van der Waals surface area contributed by atoms with Gasteiger partial charge >= 0.3 is 0 Å². The highest BCUT2D eigenvalue weighted by Crippen LogP contribution is 2.42. The van der Waals surface area contributed by atoms with Gasteiger partial charge < -0.3 is 30.8 Å². The summed E-state index contributed by atoms with van der Waals surface area (Å²) in [4.78, 5) is 16.5. The second-order valence-electron chi connectivity index (χ2n) is 8.53. The van der Waals surface area contributed by atoms with E-state index in [2.05, 4.69) is 29.5 Å². The molecule has 5 N–H and O–H groups in total. The van der Waals surface area contributed by atoms with Crippen LogP contribution in [0.15, 0.2) is 49.5 Å². The van der Waals surface area contributed by atoms with Crippen molar-refractivity contribution in [2.45, 2.75) is 51.7 Å². The van der Waals surface area contributed by atoms with E-state index in [1.54, 1.807) is 0 Å². The van der Waals surface area contributed by atoms with E-state index < -0.39 is 5.79 Å². The second-order valence-corrected chi connectivity index (χ2v) is 9.60. The van der Waals surface area contributed by atoms with Crippen LogP contribution in [-0.2, 0) is 14.3 Å². The number of halogens is 1. The van der Waals surface area contributed by atoms with Gasteiger partial charge in [-0.25, -0.2) is 4.99 Å². The van der Waals surface area contributed by atoms with E-state index in [0.29, 0.717) is 31.7 Å². The van der Waals surface area contributed by atoms with Crippen molar-refractivity contribution in [3.05, 3.63) is 44.5 Å². The molecule has 1 fully saturated rings. The molecular formula is C24H34IN3O4. The van der Waals surface area contributed by atoms with Crippen molar-refractivity contribution >= 4 is 34.6 Å². The fourth-order valence-corrected chi connectivity index (χ4v) is 5.58. The number of aldehydes is 1. The molecule has 3 unspecified atom stereocenters. The van der Waals surface area contributed by atoms with E-state index in [-0.39, 0.29) is 24.4 Å². The molecule has 0 aromatic carbocycles. The maximum absolute atomic E-state index is 11.6. The number of aliphatic imine (C=N–C) groups is 1. The van der Waals surface area contributed by atoms with Gasteiger partial charge in [0.15, 0.2) is 5.79 Å². The van der Waals surface area contributed by atoms with Gasteiger partial charge in [-0.3, -0.25) is 0 Å². The first-order valence-electron chi connectivity index (χ1n) is 11.4. The number of ether oxygens (including phenoxy) is 2. The number of rotatable bonds is 9. The molecule has 0 aromatic rings. The maximum Gasteiger partial charge on any atom is 0.165 e. The minimum atomic E-state index is -1.23. The zero-order valence-corrected chi connectivity index (χ0v) is 21.0. The first-order chi connectivity index (χ1) is 15.4. The molecule has 1 aliphatic carbocycles. The highest BCUT2D eigenvalue weighted by Gasteiger charge is 2.39. The molecule has 7 nitrogen and oxygen atoms in total. The number of fused-ring (bicyclic) bond motifs is 1. The van der Waals surface area contributed by atoms with Crippen LogP contribution in [0.2, 0.25) is 0 Å². The zero-order valence-electron chi connectivity index (χ0n) is 18.9. The van der Waals surface area contributed by atoms with Crippen LogP contribution in [0.3, 0.4) is 0 Å². The monoisotopic (exact) mass is 555 g/mol. The lowest BCUT2D eigenvalue weighted by Gasteiger charge is -2.38. The van der Waals surface area contributed by atoms with Gasteiger partial charge in [-0.1, -0.05) is 19.9 Å². The van der Waals surface area contributed by atoms with E-state index in [0.717, 1.165) is 46.3 Å². The Kier molecular flexibility index (Phi) is 8.71. The number of nitrogens with two attached hydrogens (primary N) is 2. The minimum absolute atomic E-state index is 0.178. The van der Waals surface area contributed by atoms with Crippen molar-refractivity contribution in [2.24, 2.45) is 34.2 Å². The molecule has 3 rings (SSSR count). The lowest BCUT2D eigenvalue weighted by atomic mass is 9.82. The Balaban J connectivity index is 1.89. The molecule has 176 valence electrons. The minimum Gasteiger partial charge on any atom is -0.498 e. The van der Waals surface area contributed by atoms with Crippen LogP contribution in [-0.4, -0.2) is 42.7 Å². The molecule has 0 spiro atoms. The summed E-state index contributed by atoms with van der Waals surface area (Å²) in [6, 6.07) is 0. The third kappa shape index (κ3) is 5.52. The van der Waals surface area contributed by atoms with E-state index in [1.165, 1.54) is 5.57 Å². The number of hydrogen-bond donors (Lipinski definition) is 3. The molecule has 1 saturated heterocycles. The number of hydrogen-bond acceptors (Lipinski definition) is 7. The van der Waals surface area contributed by atoms with Crippen LogP contribution < -0.4 is 11.5 Å². The third-order valence-electron chi connectivity index (χ3n) is 6.41. The predicted octanol–water partition coefficient (Wildman–Crippen LogP) is 3.49. The van der Waals surface area contributed by atoms with Crippen LogP contribution in [0, 0.1) is 17.8 Å². The van der Waals surface area contributed by atoms with Crippen LogP contribution in [0.5, 0.6) is 0 Å². The molecule has 0 amide bonds. The summed E-state index contributed by atoms with van der Waals surface area (Å²) in [6.45, 7) is 5.43. The summed E-state index contributed by atoms with van der Waals surface area (Å²) in [5.41, 5.74) is 15.6. The van der Waals surface area contributed by atoms with Crippen LogP contribution >= 0.6 is 22.6 Å². The van der Waals surface area contributed by atoms with Gasteiger partial charge in [-0.05, 0) is 72.0 Å². The van der Waals surface area contributed by atoms with Crippen molar-refractivity contribution in [3.8, 4) is 0 Å². The highest BCUT2D eigenvalue weighted by molar-refractivity contribution is 14.1. The number of carbonyl (C=O) groups is 1. The maximum atomic E-state index is 11.6. The van der Waals surface area contributed by atoms with Gasteiger partial charge in [-0.2, -0.15) is 0 Å². The molecule has 3 aliphatic rings. The lowest BCUT2D eigenvalue weighted by molar-refractivity contribution is -0.242. The first-order valence-corrected chi connectivity index (χ1v) is 12.4. The zero-order chi connectivity index (χ0) is 23.3. The molecule has 0 bridgehead atoms. The number of allylic oxidation sites excluding steroid dienone is 6. The van der Waals surface area contributed by atoms with Crippen molar-refractivity contribution in [1.29, 1.82) is 0 Å². The average Bonchev–Trinajstić information content (AvgIpc) is 2.79. The smallest absolute Gasteiger partial charge is 0.165 e. The Morgan fingerprint density at radius 3 is 2.84 bits per heavy atom. The fraction of sp³-hybridized carbons (Fsp3) is 0.583. The Hall–Kier alpha value is -1.49. The highest BCUT2D eigenvalue weighted by atomic mass is 127. The van der Waals surface area contributed by atoms with Gasteiger partial charge in [0.05, 0.1) is 30.4 Å². The summed E-state index contributed by atoms with van der Waals surface area (Å²) < 4.78 is 12.5. The van der Waals surface area contributed by atoms with Gasteiger partial charge in [0.2, 0.25) is 0 Å². The third-order valence-corrected chi connectivity index (χ3v) is 7.62. The summed E-state index contributed by atoms with van der Waals surface area (Å²) >= 11 is 2.33. The lowest BCUT2D eigenvalue weighted by Crippen LogP contribution is -2.44. The standard InChI is InChI=1S/C24H34IN3O4/c1-3-18-19-11-17(31-9-5-8-26)6-7-21(19)28-23(22(18)25)20(27)10-15-12-24(30,4-2)32-14-16(15)13-29/h6-7,10,13,15-16,19,30H,3-5,8-9,11-12,14,26-27H2,1-2H3/b20-10-/t15?,16?,19?,24-/m1/s1. The fourth-order valence-electron chi connectivity index (χ4n) is 4.39. The Labute approximate surface area is 203 Å². The Morgan fingerprint density at radius 1 is 1.41 bits per heavy atom. The van der Waals surface area contributed by atoms with Gasteiger partial charge in [0.25, 0.3) is 0 Å². The first kappa shape index (κ1) is 25.1. The van der Waals surface area contributed by atoms with Crippen LogP contribution in [0.25, 0.3) is 0 Å². The largest absolute Gasteiger partial charge is 0.498 e. The summed E-state index contributed by atoms with van der Waals surface area (Å²) in [5.74, 6) is -0.635. The number of carbonyl (C=O) groups excluding carboxylic acids is 1. The predicted molar refractivity (Wildman–Crippen MR) is 134 cm³/mol. The SMILES string of the molecule is CCC1=C(I)C(/C(N)=C/C2C[C@@](O)(CC)OCC2C=O)=NC2=CC=C(OCCCN)CC21. The molecular weight excluding hydrogens is 521 g/mol. The second kappa shape index (κ2) is 11.1. The molecule has 0 aromatic heterocycles. The number of dihydropyridines is 1. The van der Waals surface area contributed by atoms with E-state index in [9.17, 15) is 9.90 Å². The van der Waals surface area contributed by atoms with E-state index >= 15 is 0 Å². The van der Waals surface area contributed by atoms with Crippen molar-refractivity contribution in [2.75, 3.05) is 19.8 Å². The van der Waals surface area contributed by atoms with Gasteiger partial charge in [0, 0.05) is 34.0 Å². The van der Waals surface area contributed by atoms with Crippen LogP contribution in [0.1, 0.15) is 46.0 Å². The molecule has 32 heavy (non-hydrogen) atoms. The van der Waals surface area contributed by atoms with Gasteiger partial charge in [-0.15, -0.1) is 0 Å². The molecule has 8 heteroatoms. The summed E-state index contributed by atoms with van der Waals surface area (Å²) in [6.07, 6.45) is 10.0. The average molecular weight is 555 g/mol. The van der Waals surface area contributed by atoms with E-state index in [4.69, 9.17) is 25.9 Å². The van der Waals surface area contributed by atoms with Gasteiger partial charge in [0.1, 0.15) is 6.29 Å². The number of aliphatic hydroxyl groups is 1.